The Hall–Kier alpha value is -3.92. The Morgan fingerprint density at radius 3 is 2.70 bits per heavy atom. The van der Waals surface area contributed by atoms with E-state index in [1.54, 1.807) is 48.7 Å². The van der Waals surface area contributed by atoms with Crippen molar-refractivity contribution in [2.75, 3.05) is 13.1 Å². The van der Waals surface area contributed by atoms with Crippen LogP contribution in [0.15, 0.2) is 71.5 Å². The van der Waals surface area contributed by atoms with Gasteiger partial charge in [0.1, 0.15) is 18.2 Å². The molecule has 1 saturated heterocycles. The number of halogens is 2. The summed E-state index contributed by atoms with van der Waals surface area (Å²) in [6, 6.07) is 16.1. The minimum absolute atomic E-state index is 0.222. The van der Waals surface area contributed by atoms with Crippen molar-refractivity contribution < 1.29 is 19.2 Å². The molecule has 0 atom stereocenters. The molecule has 0 saturated carbocycles. The van der Waals surface area contributed by atoms with Crippen LogP contribution in [-0.4, -0.2) is 48.8 Å². The Morgan fingerprint density at radius 1 is 1.05 bits per heavy atom. The highest BCUT2D eigenvalue weighted by Gasteiger charge is 2.28. The van der Waals surface area contributed by atoms with E-state index in [0.29, 0.717) is 47.2 Å². The number of imidazole rings is 1. The van der Waals surface area contributed by atoms with Crippen LogP contribution in [0.3, 0.4) is 0 Å². The number of benzene rings is 2. The average molecular weight is 578 g/mol. The van der Waals surface area contributed by atoms with Gasteiger partial charge in [-0.05, 0) is 66.4 Å². The first kappa shape index (κ1) is 26.3. The minimum Gasteiger partial charge on any atom is -0.486 e. The van der Waals surface area contributed by atoms with Gasteiger partial charge in [0.05, 0.1) is 46.6 Å². The number of aromatic nitrogens is 4. The molecule has 4 heterocycles. The summed E-state index contributed by atoms with van der Waals surface area (Å²) in [5.41, 5.74) is 3.78. The molecule has 2 aromatic carbocycles. The highest BCUT2D eigenvalue weighted by molar-refractivity contribution is 6.35. The summed E-state index contributed by atoms with van der Waals surface area (Å²) in [5.74, 6) is 1.64. The first-order valence-electron chi connectivity index (χ1n) is 12.8. The van der Waals surface area contributed by atoms with Crippen molar-refractivity contribution in [3.05, 3.63) is 105 Å². The van der Waals surface area contributed by atoms with Crippen molar-refractivity contribution in [2.45, 2.75) is 26.1 Å². The van der Waals surface area contributed by atoms with Crippen LogP contribution < -0.4 is 4.74 Å². The quantitative estimate of drug-likeness (QED) is 0.224. The summed E-state index contributed by atoms with van der Waals surface area (Å²) in [6.07, 6.45) is 4.34. The summed E-state index contributed by atoms with van der Waals surface area (Å²) in [6.45, 7) is 3.26. The molecule has 0 amide bonds. The fourth-order valence-electron chi connectivity index (χ4n) is 5.03. The Kier molecular flexibility index (Phi) is 7.42. The monoisotopic (exact) mass is 577 g/mol. The third-order valence-corrected chi connectivity index (χ3v) is 7.48. The van der Waals surface area contributed by atoms with E-state index in [4.69, 9.17) is 37.4 Å². The number of aromatic carboxylic acids is 1. The summed E-state index contributed by atoms with van der Waals surface area (Å²) in [7, 11) is 0. The number of nitrogens with zero attached hydrogens (tertiary/aromatic N) is 5. The molecular weight excluding hydrogens is 553 g/mol. The molecule has 1 N–H and O–H groups in total. The number of carboxylic acids is 1. The van der Waals surface area contributed by atoms with Crippen LogP contribution in [-0.2, 0) is 26.1 Å². The number of hydrogen-bond acceptors (Lipinski definition) is 7. The van der Waals surface area contributed by atoms with Crippen molar-refractivity contribution >= 4 is 40.2 Å². The van der Waals surface area contributed by atoms with Crippen molar-refractivity contribution in [3.8, 4) is 5.75 Å². The first-order valence-corrected chi connectivity index (χ1v) is 13.5. The third kappa shape index (κ3) is 5.82. The zero-order valence-corrected chi connectivity index (χ0v) is 22.8. The fraction of sp³-hybridized carbons (Fsp3) is 0.241. The normalized spacial score (nSPS) is 13.9. The van der Waals surface area contributed by atoms with Crippen LogP contribution in [0.4, 0.5) is 0 Å². The van der Waals surface area contributed by atoms with Gasteiger partial charge in [-0.1, -0.05) is 28.4 Å². The molecule has 1 aliphatic rings. The number of hydrogen-bond donors (Lipinski definition) is 1. The van der Waals surface area contributed by atoms with Gasteiger partial charge in [-0.25, -0.2) is 9.78 Å². The van der Waals surface area contributed by atoms with E-state index < -0.39 is 5.97 Å². The van der Waals surface area contributed by atoms with E-state index >= 15 is 0 Å². The molecule has 6 rings (SSSR count). The molecular formula is C29H25Cl2N5O4. The molecule has 11 heteroatoms. The second-order valence-electron chi connectivity index (χ2n) is 9.88. The number of pyridine rings is 1. The standard InChI is InChI=1S/C29H25Cl2N5O4/c30-21-2-4-27(24(31)12-21)39-17-22-10-18(5-7-32-22)9-19-13-35(14-19)16-28-34-25-3-1-20(29(37)38)11-26(25)36(28)15-23-6-8-33-40-23/h1-8,10-12,19H,9,13-17H2,(H,37,38). The Bertz CT molecular complexity index is 1660. The van der Waals surface area contributed by atoms with Crippen LogP contribution in [0.25, 0.3) is 11.0 Å². The zero-order valence-electron chi connectivity index (χ0n) is 21.3. The summed E-state index contributed by atoms with van der Waals surface area (Å²) < 4.78 is 13.2. The van der Waals surface area contributed by atoms with Gasteiger partial charge in [-0.15, -0.1) is 0 Å². The Morgan fingerprint density at radius 2 is 1.93 bits per heavy atom. The lowest BCUT2D eigenvalue weighted by Gasteiger charge is -2.39. The third-order valence-electron chi connectivity index (χ3n) is 6.95. The lowest BCUT2D eigenvalue weighted by molar-refractivity contribution is 0.0697. The predicted octanol–water partition coefficient (Wildman–Crippen LogP) is 5.73. The van der Waals surface area contributed by atoms with E-state index in [1.165, 1.54) is 5.56 Å². The predicted molar refractivity (Wildman–Crippen MR) is 150 cm³/mol. The van der Waals surface area contributed by atoms with E-state index in [1.807, 2.05) is 16.8 Å². The zero-order chi connectivity index (χ0) is 27.6. The van der Waals surface area contributed by atoms with E-state index in [-0.39, 0.29) is 5.56 Å². The second kappa shape index (κ2) is 11.3. The maximum Gasteiger partial charge on any atom is 0.335 e. The molecule has 0 bridgehead atoms. The Labute approximate surface area is 239 Å². The lowest BCUT2D eigenvalue weighted by atomic mass is 9.92. The molecule has 1 aliphatic heterocycles. The summed E-state index contributed by atoms with van der Waals surface area (Å²) >= 11 is 12.2. The van der Waals surface area contributed by atoms with Gasteiger partial charge >= 0.3 is 5.97 Å². The number of rotatable bonds is 10. The SMILES string of the molecule is O=C(O)c1ccc2nc(CN3CC(Cc4ccnc(COc5ccc(Cl)cc5Cl)c4)C3)n(Cc3ccno3)c2c1. The molecule has 1 fully saturated rings. The second-order valence-corrected chi connectivity index (χ2v) is 10.7. The molecule has 0 aliphatic carbocycles. The highest BCUT2D eigenvalue weighted by atomic mass is 35.5. The van der Waals surface area contributed by atoms with Crippen LogP contribution in [0.2, 0.25) is 10.0 Å². The van der Waals surface area contributed by atoms with Crippen molar-refractivity contribution in [3.63, 3.8) is 0 Å². The average Bonchev–Trinajstić information content (AvgIpc) is 3.55. The highest BCUT2D eigenvalue weighted by Crippen LogP contribution is 2.29. The van der Waals surface area contributed by atoms with Crippen LogP contribution >= 0.6 is 23.2 Å². The smallest absolute Gasteiger partial charge is 0.335 e. The molecule has 0 spiro atoms. The van der Waals surface area contributed by atoms with Gasteiger partial charge in [-0.2, -0.15) is 0 Å². The fourth-order valence-corrected chi connectivity index (χ4v) is 5.49. The molecule has 204 valence electrons. The number of ether oxygens (including phenoxy) is 1. The van der Waals surface area contributed by atoms with Crippen molar-refractivity contribution in [1.29, 1.82) is 0 Å². The number of fused-ring (bicyclic) bond motifs is 1. The minimum atomic E-state index is -0.971. The molecule has 3 aromatic heterocycles. The summed E-state index contributed by atoms with van der Waals surface area (Å²) in [5, 5.41) is 14.3. The maximum atomic E-state index is 11.6. The van der Waals surface area contributed by atoms with Crippen molar-refractivity contribution in [1.82, 2.24) is 24.6 Å². The van der Waals surface area contributed by atoms with Crippen molar-refractivity contribution in [2.24, 2.45) is 5.92 Å². The molecule has 0 radical (unpaired) electrons. The summed E-state index contributed by atoms with van der Waals surface area (Å²) in [4.78, 5) is 23.2. The maximum absolute atomic E-state index is 11.6. The largest absolute Gasteiger partial charge is 0.486 e. The van der Waals surface area contributed by atoms with Gasteiger partial charge in [0.15, 0.2) is 5.76 Å². The Balaban J connectivity index is 1.09. The van der Waals surface area contributed by atoms with Gasteiger partial charge in [0.25, 0.3) is 0 Å². The number of likely N-dealkylation sites (tertiary alicyclic amines) is 1. The van der Waals surface area contributed by atoms with E-state index in [0.717, 1.165) is 42.1 Å². The number of carbonyl (C=O) groups is 1. The van der Waals surface area contributed by atoms with E-state index in [2.05, 4.69) is 21.1 Å². The van der Waals surface area contributed by atoms with Gasteiger partial charge in [0, 0.05) is 30.4 Å². The number of carboxylic acid groups (broad SMARTS) is 1. The molecule has 0 unspecified atom stereocenters. The van der Waals surface area contributed by atoms with Crippen LogP contribution in [0.5, 0.6) is 5.75 Å². The van der Waals surface area contributed by atoms with Gasteiger partial charge in [-0.3, -0.25) is 9.88 Å². The topological polar surface area (TPSA) is 107 Å². The first-order chi connectivity index (χ1) is 19.4. The van der Waals surface area contributed by atoms with E-state index in [9.17, 15) is 9.90 Å². The lowest BCUT2D eigenvalue weighted by Crippen LogP contribution is -2.47. The van der Waals surface area contributed by atoms with Crippen LogP contribution in [0.1, 0.15) is 33.2 Å². The molecule has 5 aromatic rings. The van der Waals surface area contributed by atoms with Gasteiger partial charge in [0.2, 0.25) is 0 Å². The molecule has 40 heavy (non-hydrogen) atoms. The van der Waals surface area contributed by atoms with Crippen LogP contribution in [0, 0.1) is 5.92 Å². The van der Waals surface area contributed by atoms with Gasteiger partial charge < -0.3 is 18.9 Å². The molecule has 9 nitrogen and oxygen atoms in total.